The maximum atomic E-state index is 11.6. The first-order chi connectivity index (χ1) is 8.19. The van der Waals surface area contributed by atoms with Crippen molar-refractivity contribution in [2.24, 2.45) is 0 Å². The Balaban J connectivity index is 1.99. The molecule has 2 rings (SSSR count). The van der Waals surface area contributed by atoms with E-state index >= 15 is 0 Å². The minimum Gasteiger partial charge on any atom is -0.490 e. The van der Waals surface area contributed by atoms with Crippen molar-refractivity contribution in [3.63, 3.8) is 0 Å². The summed E-state index contributed by atoms with van der Waals surface area (Å²) < 4.78 is 5.61. The van der Waals surface area contributed by atoms with Crippen LogP contribution in [0.2, 0.25) is 0 Å². The van der Waals surface area contributed by atoms with Gasteiger partial charge in [0.1, 0.15) is 11.9 Å². The Morgan fingerprint density at radius 1 is 1.53 bits per heavy atom. The highest BCUT2D eigenvalue weighted by molar-refractivity contribution is 5.91. The molecule has 0 aliphatic carbocycles. The number of amides is 1. The molecule has 1 amide bonds. The van der Waals surface area contributed by atoms with Crippen LogP contribution in [0, 0.1) is 0 Å². The van der Waals surface area contributed by atoms with Crippen LogP contribution in [0.5, 0.6) is 5.75 Å². The third-order valence-electron chi connectivity index (χ3n) is 2.78. The van der Waals surface area contributed by atoms with Crippen molar-refractivity contribution < 1.29 is 9.53 Å². The minimum absolute atomic E-state index is 0.0336. The topological polar surface area (TPSA) is 50.4 Å². The van der Waals surface area contributed by atoms with Crippen molar-refractivity contribution in [1.82, 2.24) is 5.32 Å². The monoisotopic (exact) mass is 234 g/mol. The standard InChI is InChI=1S/C13H18N2O2/c1-9-7-10-8-11(3-4-12(10)17-9)15-13(16)5-6-14-2/h3-4,8-9,14H,5-7H2,1-2H3,(H,15,16). The Hall–Kier alpha value is -1.55. The maximum Gasteiger partial charge on any atom is 0.225 e. The molecule has 1 aromatic rings. The number of rotatable bonds is 4. The van der Waals surface area contributed by atoms with Crippen molar-refractivity contribution in [1.29, 1.82) is 0 Å². The lowest BCUT2D eigenvalue weighted by molar-refractivity contribution is -0.116. The van der Waals surface area contributed by atoms with Crippen LogP contribution in [0.25, 0.3) is 0 Å². The largest absolute Gasteiger partial charge is 0.490 e. The molecule has 0 aromatic heterocycles. The third kappa shape index (κ3) is 2.97. The van der Waals surface area contributed by atoms with Gasteiger partial charge >= 0.3 is 0 Å². The zero-order valence-corrected chi connectivity index (χ0v) is 10.2. The van der Waals surface area contributed by atoms with E-state index in [4.69, 9.17) is 4.74 Å². The van der Waals surface area contributed by atoms with Gasteiger partial charge in [0.05, 0.1) is 0 Å². The minimum atomic E-state index is 0.0336. The number of nitrogens with one attached hydrogen (secondary N) is 2. The lowest BCUT2D eigenvalue weighted by atomic mass is 10.1. The predicted molar refractivity (Wildman–Crippen MR) is 67.4 cm³/mol. The number of ether oxygens (including phenoxy) is 1. The third-order valence-corrected chi connectivity index (χ3v) is 2.78. The first-order valence-corrected chi connectivity index (χ1v) is 5.93. The van der Waals surface area contributed by atoms with Gasteiger partial charge in [-0.25, -0.2) is 0 Å². The lowest BCUT2D eigenvalue weighted by Gasteiger charge is -2.06. The summed E-state index contributed by atoms with van der Waals surface area (Å²) in [7, 11) is 1.83. The van der Waals surface area contributed by atoms with Gasteiger partial charge in [-0.15, -0.1) is 0 Å². The molecule has 2 N–H and O–H groups in total. The summed E-state index contributed by atoms with van der Waals surface area (Å²) >= 11 is 0. The molecule has 1 atom stereocenters. The highest BCUT2D eigenvalue weighted by Gasteiger charge is 2.19. The highest BCUT2D eigenvalue weighted by Crippen LogP contribution is 2.30. The van der Waals surface area contributed by atoms with Crippen molar-refractivity contribution in [2.75, 3.05) is 18.9 Å². The number of hydrogen-bond acceptors (Lipinski definition) is 3. The summed E-state index contributed by atoms with van der Waals surface area (Å²) in [6.45, 7) is 2.74. The van der Waals surface area contributed by atoms with Crippen molar-refractivity contribution >= 4 is 11.6 Å². The normalized spacial score (nSPS) is 17.4. The van der Waals surface area contributed by atoms with E-state index in [2.05, 4.69) is 10.6 Å². The van der Waals surface area contributed by atoms with Gasteiger partial charge in [-0.1, -0.05) is 0 Å². The number of carbonyl (C=O) groups excluding carboxylic acids is 1. The molecular formula is C13H18N2O2. The fraction of sp³-hybridized carbons (Fsp3) is 0.462. The van der Waals surface area contributed by atoms with Gasteiger partial charge < -0.3 is 15.4 Å². The second-order valence-corrected chi connectivity index (χ2v) is 4.36. The van der Waals surface area contributed by atoms with Crippen molar-refractivity contribution in [3.05, 3.63) is 23.8 Å². The first-order valence-electron chi connectivity index (χ1n) is 5.93. The molecule has 4 heteroatoms. The average Bonchev–Trinajstić information content (AvgIpc) is 2.65. The van der Waals surface area contributed by atoms with Crippen LogP contribution in [-0.2, 0) is 11.2 Å². The molecule has 92 valence electrons. The van der Waals surface area contributed by atoms with E-state index in [1.807, 2.05) is 32.2 Å². The highest BCUT2D eigenvalue weighted by atomic mass is 16.5. The van der Waals surface area contributed by atoms with E-state index in [9.17, 15) is 4.79 Å². The molecule has 1 aromatic carbocycles. The molecule has 0 spiro atoms. The summed E-state index contributed by atoms with van der Waals surface area (Å²) in [5.74, 6) is 0.969. The molecule has 0 saturated heterocycles. The predicted octanol–water partition coefficient (Wildman–Crippen LogP) is 1.56. The Labute approximate surface area is 101 Å². The van der Waals surface area contributed by atoms with Crippen LogP contribution in [0.1, 0.15) is 18.9 Å². The van der Waals surface area contributed by atoms with E-state index < -0.39 is 0 Å². The lowest BCUT2D eigenvalue weighted by Crippen LogP contribution is -2.18. The van der Waals surface area contributed by atoms with Crippen molar-refractivity contribution in [3.8, 4) is 5.75 Å². The van der Waals surface area contributed by atoms with Crippen molar-refractivity contribution in [2.45, 2.75) is 25.9 Å². The molecule has 0 fully saturated rings. The molecule has 1 aliphatic heterocycles. The van der Waals surface area contributed by atoms with Crippen LogP contribution < -0.4 is 15.4 Å². The van der Waals surface area contributed by atoms with Gasteiger partial charge in [-0.2, -0.15) is 0 Å². The van der Waals surface area contributed by atoms with E-state index in [1.165, 1.54) is 5.56 Å². The number of fused-ring (bicyclic) bond motifs is 1. The average molecular weight is 234 g/mol. The van der Waals surface area contributed by atoms with E-state index in [0.29, 0.717) is 13.0 Å². The number of anilines is 1. The van der Waals surface area contributed by atoms with Crippen LogP contribution in [0.15, 0.2) is 18.2 Å². The Bertz CT molecular complexity index is 418. The smallest absolute Gasteiger partial charge is 0.225 e. The van der Waals surface area contributed by atoms with Gasteiger partial charge in [0, 0.05) is 25.1 Å². The van der Waals surface area contributed by atoms with Crippen LogP contribution in [0.3, 0.4) is 0 Å². The van der Waals surface area contributed by atoms with Gasteiger partial charge in [-0.3, -0.25) is 4.79 Å². The zero-order valence-electron chi connectivity index (χ0n) is 10.2. The molecule has 1 heterocycles. The van der Waals surface area contributed by atoms with Crippen LogP contribution in [0.4, 0.5) is 5.69 Å². The van der Waals surface area contributed by atoms with Gasteiger partial charge in [-0.05, 0) is 37.7 Å². The summed E-state index contributed by atoms with van der Waals surface area (Å²) in [5.41, 5.74) is 2.02. The van der Waals surface area contributed by atoms with E-state index in [-0.39, 0.29) is 12.0 Å². The SMILES string of the molecule is CNCCC(=O)Nc1ccc2c(c1)CC(C)O2. The second kappa shape index (κ2) is 5.19. The Morgan fingerprint density at radius 3 is 3.12 bits per heavy atom. The molecule has 4 nitrogen and oxygen atoms in total. The summed E-state index contributed by atoms with van der Waals surface area (Å²) in [4.78, 5) is 11.6. The molecule has 0 radical (unpaired) electrons. The van der Waals surface area contributed by atoms with Gasteiger partial charge in [0.15, 0.2) is 0 Å². The number of hydrogen-bond donors (Lipinski definition) is 2. The first kappa shape index (κ1) is 11.9. The molecule has 1 unspecified atom stereocenters. The van der Waals surface area contributed by atoms with E-state index in [0.717, 1.165) is 17.9 Å². The fourth-order valence-electron chi connectivity index (χ4n) is 1.96. The summed E-state index contributed by atoms with van der Waals surface area (Å²) in [6.07, 6.45) is 1.64. The zero-order chi connectivity index (χ0) is 12.3. The number of carbonyl (C=O) groups is 1. The summed E-state index contributed by atoms with van der Waals surface area (Å²) in [6, 6.07) is 5.80. The molecule has 17 heavy (non-hydrogen) atoms. The molecule has 0 bridgehead atoms. The molecule has 0 saturated carbocycles. The summed E-state index contributed by atoms with van der Waals surface area (Å²) in [5, 5.41) is 5.84. The van der Waals surface area contributed by atoms with E-state index in [1.54, 1.807) is 0 Å². The maximum absolute atomic E-state index is 11.6. The Kier molecular flexibility index (Phi) is 3.64. The van der Waals surface area contributed by atoms with Crippen LogP contribution >= 0.6 is 0 Å². The van der Waals surface area contributed by atoms with Crippen LogP contribution in [-0.4, -0.2) is 25.6 Å². The number of benzene rings is 1. The quantitative estimate of drug-likeness (QED) is 0.831. The van der Waals surface area contributed by atoms with Gasteiger partial charge in [0.25, 0.3) is 0 Å². The molecule has 1 aliphatic rings. The fourth-order valence-corrected chi connectivity index (χ4v) is 1.96. The Morgan fingerprint density at radius 2 is 2.35 bits per heavy atom. The molecular weight excluding hydrogens is 216 g/mol. The van der Waals surface area contributed by atoms with Gasteiger partial charge in [0.2, 0.25) is 5.91 Å². The second-order valence-electron chi connectivity index (χ2n) is 4.36.